The van der Waals surface area contributed by atoms with Crippen LogP contribution in [0.15, 0.2) is 36.9 Å². The van der Waals surface area contributed by atoms with Gasteiger partial charge in [-0.25, -0.2) is 0 Å². The summed E-state index contributed by atoms with van der Waals surface area (Å²) in [5.41, 5.74) is 0.864. The van der Waals surface area contributed by atoms with Crippen LogP contribution in [0.1, 0.15) is 0 Å². The molecule has 1 aromatic carbocycles. The van der Waals surface area contributed by atoms with Gasteiger partial charge in [0.05, 0.1) is 12.2 Å². The molecule has 1 heterocycles. The van der Waals surface area contributed by atoms with E-state index in [0.29, 0.717) is 18.8 Å². The predicted molar refractivity (Wildman–Crippen MR) is 80.0 cm³/mol. The first kappa shape index (κ1) is 14.4. The van der Waals surface area contributed by atoms with Gasteiger partial charge in [0, 0.05) is 32.7 Å². The number of nitrogens with zero attached hydrogens (tertiary/aromatic N) is 2. The molecule has 0 saturated carbocycles. The van der Waals surface area contributed by atoms with Crippen molar-refractivity contribution in [3.05, 3.63) is 36.9 Å². The summed E-state index contributed by atoms with van der Waals surface area (Å²) in [7, 11) is 0. The number of hydrogen-bond donors (Lipinski definition) is 2. The zero-order valence-electron chi connectivity index (χ0n) is 11.6. The zero-order valence-corrected chi connectivity index (χ0v) is 11.6. The third-order valence-corrected chi connectivity index (χ3v) is 3.41. The molecule has 20 heavy (non-hydrogen) atoms. The van der Waals surface area contributed by atoms with Gasteiger partial charge in [-0.05, 0) is 12.1 Å². The lowest BCUT2D eigenvalue weighted by atomic mass is 10.2. The smallest absolute Gasteiger partial charge is 0.234 e. The second-order valence-corrected chi connectivity index (χ2v) is 4.84. The van der Waals surface area contributed by atoms with Crippen LogP contribution in [0.3, 0.4) is 0 Å². The number of para-hydroxylation sites is 2. The molecule has 2 N–H and O–H groups in total. The highest BCUT2D eigenvalue weighted by atomic mass is 16.3. The normalized spacial score (nSPS) is 15.9. The van der Waals surface area contributed by atoms with Gasteiger partial charge >= 0.3 is 0 Å². The molecule has 108 valence electrons. The quantitative estimate of drug-likeness (QED) is 0.781. The van der Waals surface area contributed by atoms with Crippen LogP contribution in [0.25, 0.3) is 0 Å². The topological polar surface area (TPSA) is 55.8 Å². The van der Waals surface area contributed by atoms with E-state index in [0.717, 1.165) is 31.9 Å². The molecule has 1 fully saturated rings. The van der Waals surface area contributed by atoms with E-state index in [4.69, 9.17) is 0 Å². The largest absolute Gasteiger partial charge is 0.506 e. The van der Waals surface area contributed by atoms with E-state index in [1.165, 1.54) is 0 Å². The molecule has 0 aromatic heterocycles. The molecule has 5 nitrogen and oxygen atoms in total. The summed E-state index contributed by atoms with van der Waals surface area (Å²) in [5, 5.41) is 12.6. The molecular formula is C15H21N3O2. The van der Waals surface area contributed by atoms with Crippen molar-refractivity contribution in [2.75, 3.05) is 44.2 Å². The van der Waals surface area contributed by atoms with Crippen molar-refractivity contribution in [3.63, 3.8) is 0 Å². The summed E-state index contributed by atoms with van der Waals surface area (Å²) in [6.07, 6.45) is 1.67. The minimum absolute atomic E-state index is 0.0286. The monoisotopic (exact) mass is 275 g/mol. The number of nitrogens with one attached hydrogen (secondary N) is 1. The second-order valence-electron chi connectivity index (χ2n) is 4.84. The number of amides is 1. The van der Waals surface area contributed by atoms with Crippen molar-refractivity contribution < 1.29 is 9.90 Å². The maximum Gasteiger partial charge on any atom is 0.234 e. The first-order chi connectivity index (χ1) is 9.70. The summed E-state index contributed by atoms with van der Waals surface area (Å²) in [4.78, 5) is 15.9. The molecule has 0 aliphatic carbocycles. The molecule has 0 unspecified atom stereocenters. The molecule has 1 aromatic rings. The number of piperazine rings is 1. The molecule has 1 saturated heterocycles. The van der Waals surface area contributed by atoms with Crippen molar-refractivity contribution in [2.24, 2.45) is 0 Å². The van der Waals surface area contributed by atoms with Gasteiger partial charge in [0.25, 0.3) is 0 Å². The Morgan fingerprint density at radius 3 is 2.65 bits per heavy atom. The standard InChI is InChI=1S/C15H21N3O2/c1-2-7-16-15(20)12-17-8-10-18(11-9-17)13-5-3-4-6-14(13)19/h2-6,19H,1,7-12H2,(H,16,20). The van der Waals surface area contributed by atoms with E-state index < -0.39 is 0 Å². The van der Waals surface area contributed by atoms with E-state index in [-0.39, 0.29) is 5.91 Å². The van der Waals surface area contributed by atoms with Gasteiger partial charge in [-0.1, -0.05) is 18.2 Å². The van der Waals surface area contributed by atoms with Crippen LogP contribution < -0.4 is 10.2 Å². The Morgan fingerprint density at radius 1 is 1.30 bits per heavy atom. The average molecular weight is 275 g/mol. The molecule has 1 aliphatic heterocycles. The van der Waals surface area contributed by atoms with Gasteiger partial charge in [0.2, 0.25) is 5.91 Å². The Balaban J connectivity index is 1.82. The van der Waals surface area contributed by atoms with E-state index in [1.807, 2.05) is 18.2 Å². The number of anilines is 1. The van der Waals surface area contributed by atoms with E-state index in [9.17, 15) is 9.90 Å². The van der Waals surface area contributed by atoms with Crippen LogP contribution in [0.4, 0.5) is 5.69 Å². The van der Waals surface area contributed by atoms with Crippen LogP contribution in [0.2, 0.25) is 0 Å². The summed E-state index contributed by atoms with van der Waals surface area (Å²) < 4.78 is 0. The van der Waals surface area contributed by atoms with Crippen molar-refractivity contribution >= 4 is 11.6 Å². The summed E-state index contributed by atoms with van der Waals surface area (Å²) >= 11 is 0. The highest BCUT2D eigenvalue weighted by Crippen LogP contribution is 2.26. The molecule has 0 radical (unpaired) electrons. The maximum atomic E-state index is 11.6. The first-order valence-electron chi connectivity index (χ1n) is 6.83. The summed E-state index contributed by atoms with van der Waals surface area (Å²) in [6, 6.07) is 7.36. The van der Waals surface area contributed by atoms with Gasteiger partial charge < -0.3 is 15.3 Å². The summed E-state index contributed by atoms with van der Waals surface area (Å²) in [6.45, 7) is 7.76. The zero-order chi connectivity index (χ0) is 14.4. The fourth-order valence-corrected chi connectivity index (χ4v) is 2.32. The van der Waals surface area contributed by atoms with Crippen LogP contribution in [-0.2, 0) is 4.79 Å². The molecule has 0 atom stereocenters. The minimum Gasteiger partial charge on any atom is -0.506 e. The highest BCUT2D eigenvalue weighted by Gasteiger charge is 2.20. The average Bonchev–Trinajstić information content (AvgIpc) is 2.47. The van der Waals surface area contributed by atoms with Crippen LogP contribution in [0.5, 0.6) is 5.75 Å². The van der Waals surface area contributed by atoms with Gasteiger partial charge in [-0.3, -0.25) is 9.69 Å². The Morgan fingerprint density at radius 2 is 2.00 bits per heavy atom. The summed E-state index contributed by atoms with van der Waals surface area (Å²) in [5.74, 6) is 0.339. The highest BCUT2D eigenvalue weighted by molar-refractivity contribution is 5.78. The van der Waals surface area contributed by atoms with Gasteiger partial charge in [0.1, 0.15) is 5.75 Å². The van der Waals surface area contributed by atoms with E-state index in [1.54, 1.807) is 12.1 Å². The maximum absolute atomic E-state index is 11.6. The Kier molecular flexibility index (Phi) is 5.01. The number of hydrogen-bond acceptors (Lipinski definition) is 4. The fourth-order valence-electron chi connectivity index (χ4n) is 2.32. The number of phenols is 1. The van der Waals surface area contributed by atoms with Crippen molar-refractivity contribution in [1.82, 2.24) is 10.2 Å². The fraction of sp³-hybridized carbons (Fsp3) is 0.400. The molecule has 2 rings (SSSR count). The van der Waals surface area contributed by atoms with Crippen molar-refractivity contribution in [2.45, 2.75) is 0 Å². The van der Waals surface area contributed by atoms with Crippen molar-refractivity contribution in [3.8, 4) is 5.75 Å². The molecule has 0 spiro atoms. The Labute approximate surface area is 119 Å². The van der Waals surface area contributed by atoms with Crippen LogP contribution in [0, 0.1) is 0 Å². The lowest BCUT2D eigenvalue weighted by Crippen LogP contribution is -2.49. The third kappa shape index (κ3) is 3.74. The molecule has 1 aliphatic rings. The number of carbonyl (C=O) groups excluding carboxylic acids is 1. The van der Waals surface area contributed by atoms with Gasteiger partial charge in [-0.15, -0.1) is 6.58 Å². The third-order valence-electron chi connectivity index (χ3n) is 3.41. The molecule has 0 bridgehead atoms. The molecule has 1 amide bonds. The number of aromatic hydroxyl groups is 1. The van der Waals surface area contributed by atoms with Crippen LogP contribution in [-0.4, -0.2) is 55.2 Å². The second kappa shape index (κ2) is 6.96. The van der Waals surface area contributed by atoms with Gasteiger partial charge in [-0.2, -0.15) is 0 Å². The van der Waals surface area contributed by atoms with Gasteiger partial charge in [0.15, 0.2) is 0 Å². The van der Waals surface area contributed by atoms with E-state index in [2.05, 4.69) is 21.7 Å². The number of benzene rings is 1. The predicted octanol–water partition coefficient (Wildman–Crippen LogP) is 0.816. The lowest BCUT2D eigenvalue weighted by Gasteiger charge is -2.35. The number of rotatable bonds is 5. The first-order valence-corrected chi connectivity index (χ1v) is 6.83. The Bertz CT molecular complexity index is 468. The Hall–Kier alpha value is -2.01. The molecular weight excluding hydrogens is 254 g/mol. The van der Waals surface area contributed by atoms with Crippen molar-refractivity contribution in [1.29, 1.82) is 0 Å². The molecule has 5 heteroatoms. The number of carbonyl (C=O) groups is 1. The lowest BCUT2D eigenvalue weighted by molar-refractivity contribution is -0.122. The van der Waals surface area contributed by atoms with Crippen LogP contribution >= 0.6 is 0 Å². The minimum atomic E-state index is 0.0286. The number of phenolic OH excluding ortho intramolecular Hbond substituents is 1. The van der Waals surface area contributed by atoms with E-state index >= 15 is 0 Å². The SMILES string of the molecule is C=CCNC(=O)CN1CCN(c2ccccc2O)CC1.